The van der Waals surface area contributed by atoms with E-state index in [4.69, 9.17) is 10.5 Å². The number of rotatable bonds is 7. The third-order valence-corrected chi connectivity index (χ3v) is 6.28. The Hall–Kier alpha value is -3.99. The lowest BCUT2D eigenvalue weighted by molar-refractivity contribution is -0.267. The van der Waals surface area contributed by atoms with Crippen molar-refractivity contribution in [3.63, 3.8) is 0 Å². The van der Waals surface area contributed by atoms with E-state index in [1.165, 1.54) is 55.1 Å². The van der Waals surface area contributed by atoms with Crippen LogP contribution >= 0.6 is 0 Å². The maximum Gasteiger partial charge on any atom is 0.421 e. The number of carbonyl (C=O) groups is 1. The first-order valence-electron chi connectivity index (χ1n) is 11.1. The summed E-state index contributed by atoms with van der Waals surface area (Å²) in [4.78, 5) is 15.9. The van der Waals surface area contributed by atoms with Crippen molar-refractivity contribution < 1.29 is 36.6 Å². The number of amides is 1. The number of hydrogen-bond donors (Lipinski definition) is 2. The van der Waals surface area contributed by atoms with Gasteiger partial charge in [0.15, 0.2) is 11.4 Å². The first-order valence-corrected chi connectivity index (χ1v) is 11.1. The summed E-state index contributed by atoms with van der Waals surface area (Å²) in [5.74, 6) is -2.23. The summed E-state index contributed by atoms with van der Waals surface area (Å²) >= 11 is 0. The van der Waals surface area contributed by atoms with Gasteiger partial charge in [-0.25, -0.2) is 13.8 Å². The highest BCUT2D eigenvalue weighted by molar-refractivity contribution is 6.01. The third kappa shape index (κ3) is 4.62. The number of alkyl halides is 3. The Kier molecular flexibility index (Phi) is 6.68. The Morgan fingerprint density at radius 3 is 2.43 bits per heavy atom. The number of ether oxygens (including phenoxy) is 1. The second-order valence-electron chi connectivity index (χ2n) is 8.48. The molecule has 4 rings (SSSR count). The molecule has 0 aliphatic heterocycles. The second kappa shape index (κ2) is 9.47. The number of pyridine rings is 1. The van der Waals surface area contributed by atoms with Gasteiger partial charge in [-0.1, -0.05) is 19.1 Å². The van der Waals surface area contributed by atoms with Crippen LogP contribution in [0.15, 0.2) is 54.9 Å². The zero-order valence-electron chi connectivity index (χ0n) is 19.7. The van der Waals surface area contributed by atoms with E-state index in [0.29, 0.717) is 0 Å². The summed E-state index contributed by atoms with van der Waals surface area (Å²) in [5, 5.41) is 10.4. The molecule has 194 valence electrons. The van der Waals surface area contributed by atoms with E-state index in [2.05, 4.69) is 4.98 Å². The average molecular weight is 519 g/mol. The Morgan fingerprint density at radius 2 is 1.84 bits per heavy atom. The molecular formula is C26H22F5N3O3. The summed E-state index contributed by atoms with van der Waals surface area (Å²) < 4.78 is 77.0. The van der Waals surface area contributed by atoms with Crippen molar-refractivity contribution in [2.24, 2.45) is 5.73 Å². The molecule has 0 aliphatic carbocycles. The lowest BCUT2D eigenvalue weighted by Gasteiger charge is -2.28. The first kappa shape index (κ1) is 26.1. The molecule has 6 nitrogen and oxygen atoms in total. The molecule has 2 aromatic carbocycles. The van der Waals surface area contributed by atoms with Crippen LogP contribution in [-0.2, 0) is 12.1 Å². The molecule has 37 heavy (non-hydrogen) atoms. The smallest absolute Gasteiger partial charge is 0.421 e. The predicted molar refractivity (Wildman–Crippen MR) is 126 cm³/mol. The van der Waals surface area contributed by atoms with Gasteiger partial charge in [-0.3, -0.25) is 4.79 Å². The lowest BCUT2D eigenvalue weighted by Crippen LogP contribution is -2.41. The summed E-state index contributed by atoms with van der Waals surface area (Å²) in [5.41, 5.74) is 1.67. The molecule has 0 saturated carbocycles. The quantitative estimate of drug-likeness (QED) is 0.325. The van der Waals surface area contributed by atoms with Crippen molar-refractivity contribution in [1.82, 2.24) is 9.55 Å². The molecule has 1 unspecified atom stereocenters. The topological polar surface area (TPSA) is 90.4 Å². The highest BCUT2D eigenvalue weighted by atomic mass is 19.4. The lowest BCUT2D eigenvalue weighted by atomic mass is 9.93. The molecular weight excluding hydrogens is 497 g/mol. The molecule has 1 amide bonds. The highest BCUT2D eigenvalue weighted by Crippen LogP contribution is 2.41. The first-order chi connectivity index (χ1) is 17.4. The number of halogens is 5. The van der Waals surface area contributed by atoms with Crippen LogP contribution in [0.4, 0.5) is 22.0 Å². The molecule has 0 fully saturated rings. The van der Waals surface area contributed by atoms with Crippen LogP contribution in [0.25, 0.3) is 22.0 Å². The van der Waals surface area contributed by atoms with Crippen LogP contribution in [0.2, 0.25) is 0 Å². The van der Waals surface area contributed by atoms with Gasteiger partial charge in [0, 0.05) is 47.1 Å². The zero-order chi connectivity index (χ0) is 27.1. The Balaban J connectivity index is 1.81. The largest absolute Gasteiger partial charge is 0.497 e. The van der Waals surface area contributed by atoms with Gasteiger partial charge in [-0.05, 0) is 36.2 Å². The fourth-order valence-electron chi connectivity index (χ4n) is 4.16. The van der Waals surface area contributed by atoms with Gasteiger partial charge in [0.2, 0.25) is 0 Å². The fourth-order valence-corrected chi connectivity index (χ4v) is 4.16. The van der Waals surface area contributed by atoms with Crippen LogP contribution in [0, 0.1) is 11.6 Å². The number of nitrogens with two attached hydrogens (primary N) is 1. The molecule has 4 aromatic rings. The normalized spacial score (nSPS) is 13.5. The standard InChI is InChI=1S/C26H22F5N3O3/c1-3-25(36,26(29,30)31)15-8-9-34(13-15)12-14-4-6-18-19(17-7-5-16(37-2)10-20(17)27)11-21(24(32)35)33-23(18)22(14)28/h4-11,13,36H,3,12H2,1-2H3,(H2,32,35). The van der Waals surface area contributed by atoms with E-state index in [9.17, 15) is 27.5 Å². The average Bonchev–Trinajstić information content (AvgIpc) is 3.33. The number of hydrogen-bond acceptors (Lipinski definition) is 4. The molecule has 3 N–H and O–H groups in total. The number of carbonyl (C=O) groups excluding carboxylic acids is 1. The minimum atomic E-state index is -4.90. The Bertz CT molecular complexity index is 1500. The molecule has 0 radical (unpaired) electrons. The van der Waals surface area contributed by atoms with Gasteiger partial charge < -0.3 is 20.1 Å². The summed E-state index contributed by atoms with van der Waals surface area (Å²) in [7, 11) is 1.37. The van der Waals surface area contributed by atoms with Gasteiger partial charge in [0.1, 0.15) is 22.8 Å². The molecule has 1 atom stereocenters. The zero-order valence-corrected chi connectivity index (χ0v) is 19.7. The van der Waals surface area contributed by atoms with Crippen LogP contribution in [0.5, 0.6) is 5.75 Å². The Morgan fingerprint density at radius 1 is 1.11 bits per heavy atom. The predicted octanol–water partition coefficient (Wildman–Crippen LogP) is 5.30. The Labute approximate surface area is 208 Å². The van der Waals surface area contributed by atoms with Gasteiger partial charge in [0.25, 0.3) is 5.91 Å². The van der Waals surface area contributed by atoms with E-state index in [0.717, 1.165) is 18.3 Å². The van der Waals surface area contributed by atoms with Crippen molar-refractivity contribution in [2.45, 2.75) is 31.7 Å². The molecule has 0 aliphatic rings. The van der Waals surface area contributed by atoms with Crippen molar-refractivity contribution in [2.75, 3.05) is 7.11 Å². The third-order valence-electron chi connectivity index (χ3n) is 6.28. The van der Waals surface area contributed by atoms with E-state index < -0.39 is 35.7 Å². The molecule has 11 heteroatoms. The van der Waals surface area contributed by atoms with E-state index in [-0.39, 0.29) is 51.1 Å². The van der Waals surface area contributed by atoms with Crippen molar-refractivity contribution in [3.05, 3.63) is 83.3 Å². The number of primary amides is 1. The monoisotopic (exact) mass is 519 g/mol. The number of fused-ring (bicyclic) bond motifs is 1. The number of benzene rings is 2. The molecule has 0 spiro atoms. The van der Waals surface area contributed by atoms with E-state index in [1.54, 1.807) is 0 Å². The summed E-state index contributed by atoms with van der Waals surface area (Å²) in [6.45, 7) is 1.01. The maximum atomic E-state index is 15.6. The number of nitrogens with zero attached hydrogens (tertiary/aromatic N) is 2. The fraction of sp³-hybridized carbons (Fsp3) is 0.231. The van der Waals surface area contributed by atoms with Gasteiger partial charge in [-0.15, -0.1) is 0 Å². The molecule has 2 heterocycles. The van der Waals surface area contributed by atoms with Crippen LogP contribution in [-0.4, -0.2) is 33.9 Å². The van der Waals surface area contributed by atoms with E-state index in [1.807, 2.05) is 0 Å². The number of methoxy groups -OCH3 is 1. The molecule has 2 aromatic heterocycles. The summed E-state index contributed by atoms with van der Waals surface area (Å²) in [6.07, 6.45) is -3.12. The van der Waals surface area contributed by atoms with Crippen molar-refractivity contribution >= 4 is 16.8 Å². The van der Waals surface area contributed by atoms with E-state index >= 15 is 4.39 Å². The maximum absolute atomic E-state index is 15.6. The van der Waals surface area contributed by atoms with Crippen molar-refractivity contribution in [3.8, 4) is 16.9 Å². The minimum Gasteiger partial charge on any atom is -0.497 e. The van der Waals surface area contributed by atoms with Crippen molar-refractivity contribution in [1.29, 1.82) is 0 Å². The number of aliphatic hydroxyl groups is 1. The van der Waals surface area contributed by atoms with Gasteiger partial charge in [0.05, 0.1) is 7.11 Å². The van der Waals surface area contributed by atoms with Crippen LogP contribution in [0.3, 0.4) is 0 Å². The minimum absolute atomic E-state index is 0.0389. The SMILES string of the molecule is CCC(O)(c1ccn(Cc2ccc3c(-c4ccc(OC)cc4F)cc(C(N)=O)nc3c2F)c1)C(F)(F)F. The molecule has 0 saturated heterocycles. The van der Waals surface area contributed by atoms with Crippen LogP contribution in [0.1, 0.15) is 35.0 Å². The number of aromatic nitrogens is 2. The second-order valence-corrected chi connectivity index (χ2v) is 8.48. The molecule has 0 bridgehead atoms. The van der Waals surface area contributed by atoms with Gasteiger partial charge in [-0.2, -0.15) is 13.2 Å². The van der Waals surface area contributed by atoms with Crippen LogP contribution < -0.4 is 10.5 Å². The summed E-state index contributed by atoms with van der Waals surface area (Å²) in [6, 6.07) is 9.30. The highest BCUT2D eigenvalue weighted by Gasteiger charge is 2.53. The van der Waals surface area contributed by atoms with Gasteiger partial charge >= 0.3 is 6.18 Å².